The lowest BCUT2D eigenvalue weighted by molar-refractivity contribution is 0.875. The van der Waals surface area contributed by atoms with Gasteiger partial charge in [0.1, 0.15) is 0 Å². The summed E-state index contributed by atoms with van der Waals surface area (Å²) < 4.78 is 0. The minimum Gasteiger partial charge on any atom is -0.384 e. The van der Waals surface area contributed by atoms with Gasteiger partial charge in [-0.05, 0) is 37.2 Å². The lowest BCUT2D eigenvalue weighted by Crippen LogP contribution is -2.08. The van der Waals surface area contributed by atoms with E-state index in [1.165, 1.54) is 0 Å². The van der Waals surface area contributed by atoms with Gasteiger partial charge in [0.2, 0.25) is 0 Å². The zero-order chi connectivity index (χ0) is 11.4. The first-order valence-corrected chi connectivity index (χ1v) is 5.67. The van der Waals surface area contributed by atoms with E-state index in [9.17, 15) is 0 Å². The van der Waals surface area contributed by atoms with E-state index in [1.54, 1.807) is 6.20 Å². The summed E-state index contributed by atoms with van der Waals surface area (Å²) in [7, 11) is 0. The summed E-state index contributed by atoms with van der Waals surface area (Å²) in [6, 6.07) is 7.65. The number of halogens is 1. The van der Waals surface area contributed by atoms with Gasteiger partial charge in [0.15, 0.2) is 0 Å². The van der Waals surface area contributed by atoms with Gasteiger partial charge in [-0.15, -0.1) is 0 Å². The second-order valence-corrected chi connectivity index (χ2v) is 4.03. The molecule has 0 radical (unpaired) electrons. The number of rotatable bonds is 4. The van der Waals surface area contributed by atoms with Gasteiger partial charge < -0.3 is 11.1 Å². The van der Waals surface area contributed by atoms with Gasteiger partial charge in [-0.2, -0.15) is 0 Å². The Morgan fingerprint density at radius 2 is 2.19 bits per heavy atom. The van der Waals surface area contributed by atoms with Crippen LogP contribution in [0, 0.1) is 0 Å². The molecule has 0 bridgehead atoms. The molecule has 2 rings (SSSR count). The van der Waals surface area contributed by atoms with Gasteiger partial charge in [0, 0.05) is 28.8 Å². The molecule has 1 aromatic heterocycles. The molecule has 1 aromatic carbocycles. The van der Waals surface area contributed by atoms with Crippen molar-refractivity contribution in [3.05, 3.63) is 35.5 Å². The number of hydrogen-bond acceptors (Lipinski definition) is 3. The molecular weight excluding hydrogens is 222 g/mol. The van der Waals surface area contributed by atoms with Crippen LogP contribution in [-0.4, -0.2) is 18.1 Å². The number of pyridine rings is 1. The Kier molecular flexibility index (Phi) is 3.59. The molecule has 2 aromatic rings. The predicted molar refractivity (Wildman–Crippen MR) is 68.9 cm³/mol. The SMILES string of the molecule is NCCCNc1ccnc2ccc(Cl)cc12. The van der Waals surface area contributed by atoms with E-state index >= 15 is 0 Å². The molecule has 0 unspecified atom stereocenters. The van der Waals surface area contributed by atoms with Gasteiger partial charge in [-0.3, -0.25) is 4.98 Å². The summed E-state index contributed by atoms with van der Waals surface area (Å²) in [5.41, 5.74) is 7.46. The molecule has 0 fully saturated rings. The van der Waals surface area contributed by atoms with Crippen molar-refractivity contribution in [3.63, 3.8) is 0 Å². The van der Waals surface area contributed by atoms with Crippen LogP contribution >= 0.6 is 11.6 Å². The molecular formula is C12H14ClN3. The van der Waals surface area contributed by atoms with Gasteiger partial charge in [-0.25, -0.2) is 0 Å². The first-order chi connectivity index (χ1) is 7.81. The summed E-state index contributed by atoms with van der Waals surface area (Å²) in [5, 5.41) is 5.11. The molecule has 0 aliphatic carbocycles. The van der Waals surface area contributed by atoms with Crippen LogP contribution in [-0.2, 0) is 0 Å². The highest BCUT2D eigenvalue weighted by atomic mass is 35.5. The predicted octanol–water partition coefficient (Wildman–Crippen LogP) is 2.65. The molecule has 0 aliphatic heterocycles. The van der Waals surface area contributed by atoms with Gasteiger partial charge in [0.05, 0.1) is 5.52 Å². The summed E-state index contributed by atoms with van der Waals surface area (Å²) in [6.45, 7) is 1.55. The Morgan fingerprint density at radius 3 is 3.00 bits per heavy atom. The van der Waals surface area contributed by atoms with Crippen molar-refractivity contribution < 1.29 is 0 Å². The van der Waals surface area contributed by atoms with E-state index in [-0.39, 0.29) is 0 Å². The van der Waals surface area contributed by atoms with Crippen LogP contribution in [0.1, 0.15) is 6.42 Å². The first-order valence-electron chi connectivity index (χ1n) is 5.29. The van der Waals surface area contributed by atoms with Crippen LogP contribution in [0.25, 0.3) is 10.9 Å². The van der Waals surface area contributed by atoms with Crippen molar-refractivity contribution in [1.29, 1.82) is 0 Å². The lowest BCUT2D eigenvalue weighted by atomic mass is 10.2. The number of anilines is 1. The highest BCUT2D eigenvalue weighted by Crippen LogP contribution is 2.24. The molecule has 0 aliphatic rings. The molecule has 0 saturated heterocycles. The molecule has 0 spiro atoms. The van der Waals surface area contributed by atoms with Crippen LogP contribution in [0.4, 0.5) is 5.69 Å². The third-order valence-electron chi connectivity index (χ3n) is 2.40. The van der Waals surface area contributed by atoms with Crippen LogP contribution in [0.15, 0.2) is 30.5 Å². The average molecular weight is 236 g/mol. The van der Waals surface area contributed by atoms with E-state index in [2.05, 4.69) is 10.3 Å². The largest absolute Gasteiger partial charge is 0.384 e. The first kappa shape index (κ1) is 11.2. The lowest BCUT2D eigenvalue weighted by Gasteiger charge is -2.08. The summed E-state index contributed by atoms with van der Waals surface area (Å²) >= 11 is 5.98. The van der Waals surface area contributed by atoms with Crippen LogP contribution < -0.4 is 11.1 Å². The van der Waals surface area contributed by atoms with Crippen molar-refractivity contribution in [2.24, 2.45) is 5.73 Å². The number of aromatic nitrogens is 1. The van der Waals surface area contributed by atoms with Crippen molar-refractivity contribution in [2.75, 3.05) is 18.4 Å². The second-order valence-electron chi connectivity index (χ2n) is 3.59. The Bertz CT molecular complexity index is 485. The van der Waals surface area contributed by atoms with Crippen molar-refractivity contribution in [1.82, 2.24) is 4.98 Å². The van der Waals surface area contributed by atoms with Gasteiger partial charge >= 0.3 is 0 Å². The van der Waals surface area contributed by atoms with Crippen LogP contribution in [0.2, 0.25) is 5.02 Å². The molecule has 84 valence electrons. The van der Waals surface area contributed by atoms with Crippen molar-refractivity contribution >= 4 is 28.2 Å². The Labute approximate surface area is 99.6 Å². The van der Waals surface area contributed by atoms with Crippen LogP contribution in [0.3, 0.4) is 0 Å². The maximum absolute atomic E-state index is 5.98. The zero-order valence-corrected chi connectivity index (χ0v) is 9.67. The minimum absolute atomic E-state index is 0.691. The number of fused-ring (bicyclic) bond motifs is 1. The van der Waals surface area contributed by atoms with E-state index in [4.69, 9.17) is 17.3 Å². The Hall–Kier alpha value is -1.32. The van der Waals surface area contributed by atoms with Crippen molar-refractivity contribution in [2.45, 2.75) is 6.42 Å². The number of nitrogens with two attached hydrogens (primary N) is 1. The summed E-state index contributed by atoms with van der Waals surface area (Å²) in [4.78, 5) is 4.29. The molecule has 0 saturated carbocycles. The fourth-order valence-electron chi connectivity index (χ4n) is 1.60. The van der Waals surface area contributed by atoms with E-state index < -0.39 is 0 Å². The summed E-state index contributed by atoms with van der Waals surface area (Å²) in [5.74, 6) is 0. The van der Waals surface area contributed by atoms with E-state index in [0.29, 0.717) is 6.54 Å². The molecule has 3 nitrogen and oxygen atoms in total. The third kappa shape index (κ3) is 2.43. The third-order valence-corrected chi connectivity index (χ3v) is 2.64. The second kappa shape index (κ2) is 5.14. The van der Waals surface area contributed by atoms with E-state index in [1.807, 2.05) is 24.3 Å². The molecule has 16 heavy (non-hydrogen) atoms. The molecule has 1 heterocycles. The number of nitrogens with zero attached hydrogens (tertiary/aromatic N) is 1. The van der Waals surface area contributed by atoms with E-state index in [0.717, 1.165) is 34.6 Å². The number of hydrogen-bond donors (Lipinski definition) is 2. The molecule has 3 N–H and O–H groups in total. The normalized spacial score (nSPS) is 10.6. The standard InChI is InChI=1S/C12H14ClN3/c13-9-2-3-11-10(8-9)12(4-7-16-11)15-6-1-5-14/h2-4,7-8H,1,5-6,14H2,(H,15,16). The minimum atomic E-state index is 0.691. The topological polar surface area (TPSA) is 50.9 Å². The fraction of sp³-hybridized carbons (Fsp3) is 0.250. The highest BCUT2D eigenvalue weighted by molar-refractivity contribution is 6.31. The Balaban J connectivity index is 2.32. The summed E-state index contributed by atoms with van der Waals surface area (Å²) in [6.07, 6.45) is 2.74. The molecule has 0 amide bonds. The van der Waals surface area contributed by atoms with Crippen molar-refractivity contribution in [3.8, 4) is 0 Å². The smallest absolute Gasteiger partial charge is 0.0723 e. The number of benzene rings is 1. The Morgan fingerprint density at radius 1 is 1.31 bits per heavy atom. The zero-order valence-electron chi connectivity index (χ0n) is 8.91. The highest BCUT2D eigenvalue weighted by Gasteiger charge is 2.01. The molecule has 4 heteroatoms. The molecule has 0 atom stereocenters. The maximum Gasteiger partial charge on any atom is 0.0723 e. The quantitative estimate of drug-likeness (QED) is 0.801. The van der Waals surface area contributed by atoms with Gasteiger partial charge in [0.25, 0.3) is 0 Å². The fourth-order valence-corrected chi connectivity index (χ4v) is 1.77. The maximum atomic E-state index is 5.98. The average Bonchev–Trinajstić information content (AvgIpc) is 2.30. The van der Waals surface area contributed by atoms with Gasteiger partial charge in [-0.1, -0.05) is 11.6 Å². The van der Waals surface area contributed by atoms with Crippen LogP contribution in [0.5, 0.6) is 0 Å². The number of nitrogens with one attached hydrogen (secondary N) is 1. The monoisotopic (exact) mass is 235 g/mol.